The molecule has 0 aliphatic carbocycles. The van der Waals surface area contributed by atoms with E-state index in [4.69, 9.17) is 0 Å². The Bertz CT molecular complexity index is 584. The molecule has 0 unspecified atom stereocenters. The van der Waals surface area contributed by atoms with Crippen LogP contribution < -0.4 is 10.6 Å². The van der Waals surface area contributed by atoms with Crippen molar-refractivity contribution in [2.45, 2.75) is 20.8 Å². The molecule has 1 aromatic carbocycles. The van der Waals surface area contributed by atoms with Crippen LogP contribution in [0, 0.1) is 19.7 Å². The molecule has 100 valence electrons. The van der Waals surface area contributed by atoms with Crippen molar-refractivity contribution in [3.05, 3.63) is 41.5 Å². The standard InChI is InChI=1S/C14H17FN4/c1-4-16-13-9(2)14(18-10(3)17-13)19-12-8-6-5-7-11(12)15/h5-8H,4H2,1-3H3,(H2,16,17,18,19). The molecule has 0 atom stereocenters. The van der Waals surface area contributed by atoms with Gasteiger partial charge in [-0.3, -0.25) is 0 Å². The van der Waals surface area contributed by atoms with Crippen LogP contribution in [0.1, 0.15) is 18.3 Å². The molecule has 1 heterocycles. The van der Waals surface area contributed by atoms with Crippen LogP contribution in [0.5, 0.6) is 0 Å². The zero-order valence-electron chi connectivity index (χ0n) is 11.3. The lowest BCUT2D eigenvalue weighted by molar-refractivity contribution is 0.631. The maximum Gasteiger partial charge on any atom is 0.146 e. The van der Waals surface area contributed by atoms with Gasteiger partial charge in [0.2, 0.25) is 0 Å². The Labute approximate surface area is 112 Å². The minimum atomic E-state index is -0.303. The molecule has 1 aromatic heterocycles. The van der Waals surface area contributed by atoms with Gasteiger partial charge < -0.3 is 10.6 Å². The molecule has 0 bridgehead atoms. The summed E-state index contributed by atoms with van der Waals surface area (Å²) in [7, 11) is 0. The SMILES string of the molecule is CCNc1nc(C)nc(Nc2ccccc2F)c1C. The first-order valence-electron chi connectivity index (χ1n) is 6.22. The highest BCUT2D eigenvalue weighted by Gasteiger charge is 2.10. The smallest absolute Gasteiger partial charge is 0.146 e. The van der Waals surface area contributed by atoms with Crippen molar-refractivity contribution in [1.82, 2.24) is 9.97 Å². The molecular formula is C14H17FN4. The Morgan fingerprint density at radius 1 is 1.11 bits per heavy atom. The lowest BCUT2D eigenvalue weighted by Gasteiger charge is -2.13. The van der Waals surface area contributed by atoms with E-state index in [9.17, 15) is 4.39 Å². The van der Waals surface area contributed by atoms with E-state index >= 15 is 0 Å². The van der Waals surface area contributed by atoms with E-state index < -0.39 is 0 Å². The van der Waals surface area contributed by atoms with Crippen molar-refractivity contribution in [1.29, 1.82) is 0 Å². The fourth-order valence-corrected chi connectivity index (χ4v) is 1.78. The third-order valence-corrected chi connectivity index (χ3v) is 2.73. The average Bonchev–Trinajstić information content (AvgIpc) is 2.38. The van der Waals surface area contributed by atoms with Crippen LogP contribution in [0.15, 0.2) is 24.3 Å². The number of para-hydroxylation sites is 1. The van der Waals surface area contributed by atoms with E-state index in [0.29, 0.717) is 17.3 Å². The monoisotopic (exact) mass is 260 g/mol. The summed E-state index contributed by atoms with van der Waals surface area (Å²) in [4.78, 5) is 8.65. The molecule has 0 fully saturated rings. The van der Waals surface area contributed by atoms with Gasteiger partial charge in [-0.1, -0.05) is 12.1 Å². The Kier molecular flexibility index (Phi) is 3.94. The molecule has 5 heteroatoms. The van der Waals surface area contributed by atoms with Crippen molar-refractivity contribution in [2.75, 3.05) is 17.2 Å². The first kappa shape index (κ1) is 13.3. The quantitative estimate of drug-likeness (QED) is 0.884. The zero-order valence-corrected chi connectivity index (χ0v) is 11.3. The number of anilines is 3. The van der Waals surface area contributed by atoms with Crippen LogP contribution in [0.4, 0.5) is 21.7 Å². The molecule has 2 N–H and O–H groups in total. The van der Waals surface area contributed by atoms with Crippen molar-refractivity contribution < 1.29 is 4.39 Å². The molecule has 2 rings (SSSR count). The van der Waals surface area contributed by atoms with E-state index in [1.54, 1.807) is 18.2 Å². The second-order valence-corrected chi connectivity index (χ2v) is 4.23. The van der Waals surface area contributed by atoms with Gasteiger partial charge in [-0.2, -0.15) is 0 Å². The maximum absolute atomic E-state index is 13.6. The number of aromatic nitrogens is 2. The third-order valence-electron chi connectivity index (χ3n) is 2.73. The highest BCUT2D eigenvalue weighted by molar-refractivity contribution is 5.65. The second kappa shape index (κ2) is 5.65. The topological polar surface area (TPSA) is 49.8 Å². The Hall–Kier alpha value is -2.17. The Morgan fingerprint density at radius 3 is 2.47 bits per heavy atom. The van der Waals surface area contributed by atoms with Crippen molar-refractivity contribution in [2.24, 2.45) is 0 Å². The first-order chi connectivity index (χ1) is 9.11. The average molecular weight is 260 g/mol. The number of rotatable bonds is 4. The van der Waals surface area contributed by atoms with Crippen molar-refractivity contribution in [3.63, 3.8) is 0 Å². The van der Waals surface area contributed by atoms with Crippen LogP contribution in [0.25, 0.3) is 0 Å². The summed E-state index contributed by atoms with van der Waals surface area (Å²) in [5.41, 5.74) is 1.28. The summed E-state index contributed by atoms with van der Waals surface area (Å²) in [6.45, 7) is 6.49. The largest absolute Gasteiger partial charge is 0.370 e. The van der Waals surface area contributed by atoms with Crippen LogP contribution in [0.2, 0.25) is 0 Å². The van der Waals surface area contributed by atoms with E-state index in [1.165, 1.54) is 6.07 Å². The molecule has 0 aliphatic heterocycles. The van der Waals surface area contributed by atoms with Gasteiger partial charge in [0.1, 0.15) is 23.3 Å². The summed E-state index contributed by atoms with van der Waals surface area (Å²) in [6.07, 6.45) is 0. The minimum absolute atomic E-state index is 0.303. The molecule has 0 spiro atoms. The van der Waals surface area contributed by atoms with Gasteiger partial charge in [-0.05, 0) is 32.9 Å². The van der Waals surface area contributed by atoms with Gasteiger partial charge in [-0.25, -0.2) is 14.4 Å². The molecule has 2 aromatic rings. The molecule has 0 radical (unpaired) electrons. The van der Waals surface area contributed by atoms with Crippen molar-refractivity contribution >= 4 is 17.3 Å². The minimum Gasteiger partial charge on any atom is -0.370 e. The number of halogens is 1. The number of nitrogens with one attached hydrogen (secondary N) is 2. The Morgan fingerprint density at radius 2 is 1.79 bits per heavy atom. The number of aryl methyl sites for hydroxylation is 1. The highest BCUT2D eigenvalue weighted by atomic mass is 19.1. The van der Waals surface area contributed by atoms with E-state index in [2.05, 4.69) is 20.6 Å². The van der Waals surface area contributed by atoms with Gasteiger partial charge in [-0.15, -0.1) is 0 Å². The van der Waals surface area contributed by atoms with Gasteiger partial charge in [0.25, 0.3) is 0 Å². The first-order valence-corrected chi connectivity index (χ1v) is 6.22. The van der Waals surface area contributed by atoms with Gasteiger partial charge in [0, 0.05) is 12.1 Å². The third kappa shape index (κ3) is 2.99. The summed E-state index contributed by atoms with van der Waals surface area (Å²) in [5, 5.41) is 6.19. The molecule has 0 amide bonds. The number of hydrogen-bond acceptors (Lipinski definition) is 4. The highest BCUT2D eigenvalue weighted by Crippen LogP contribution is 2.24. The molecule has 0 saturated carbocycles. The molecule has 0 aliphatic rings. The number of benzene rings is 1. The summed E-state index contributed by atoms with van der Waals surface area (Å²) >= 11 is 0. The van der Waals surface area contributed by atoms with Gasteiger partial charge in [0.05, 0.1) is 5.69 Å². The summed E-state index contributed by atoms with van der Waals surface area (Å²) in [5.74, 6) is 1.73. The van der Waals surface area contributed by atoms with E-state index in [0.717, 1.165) is 17.9 Å². The zero-order chi connectivity index (χ0) is 13.8. The number of nitrogens with zero attached hydrogens (tertiary/aromatic N) is 2. The van der Waals surface area contributed by atoms with Crippen LogP contribution >= 0.6 is 0 Å². The molecule has 4 nitrogen and oxygen atoms in total. The van der Waals surface area contributed by atoms with E-state index in [-0.39, 0.29) is 5.82 Å². The maximum atomic E-state index is 13.6. The lowest BCUT2D eigenvalue weighted by Crippen LogP contribution is -2.08. The fourth-order valence-electron chi connectivity index (χ4n) is 1.78. The predicted octanol–water partition coefficient (Wildman–Crippen LogP) is 3.41. The molecule has 0 saturated heterocycles. The van der Waals surface area contributed by atoms with Gasteiger partial charge >= 0.3 is 0 Å². The Balaban J connectivity index is 2.37. The lowest BCUT2D eigenvalue weighted by atomic mass is 10.2. The summed E-state index contributed by atoms with van der Waals surface area (Å²) < 4.78 is 13.6. The predicted molar refractivity (Wildman–Crippen MR) is 75.4 cm³/mol. The number of hydrogen-bond donors (Lipinski definition) is 2. The normalized spacial score (nSPS) is 10.3. The second-order valence-electron chi connectivity index (χ2n) is 4.23. The molecule has 19 heavy (non-hydrogen) atoms. The van der Waals surface area contributed by atoms with Gasteiger partial charge in [0.15, 0.2) is 0 Å². The van der Waals surface area contributed by atoms with Crippen molar-refractivity contribution in [3.8, 4) is 0 Å². The van der Waals surface area contributed by atoms with Crippen LogP contribution in [-0.4, -0.2) is 16.5 Å². The van der Waals surface area contributed by atoms with Crippen LogP contribution in [-0.2, 0) is 0 Å². The van der Waals surface area contributed by atoms with Crippen LogP contribution in [0.3, 0.4) is 0 Å². The fraction of sp³-hybridized carbons (Fsp3) is 0.286. The van der Waals surface area contributed by atoms with E-state index in [1.807, 2.05) is 20.8 Å². The summed E-state index contributed by atoms with van der Waals surface area (Å²) in [6, 6.07) is 6.53. The molecular weight excluding hydrogens is 243 g/mol.